The van der Waals surface area contributed by atoms with Crippen molar-refractivity contribution in [3.8, 4) is 0 Å². The van der Waals surface area contributed by atoms with Crippen LogP contribution in [0.2, 0.25) is 0 Å². The Morgan fingerprint density at radius 1 is 1.24 bits per heavy atom. The largest absolute Gasteiger partial charge is 0.460 e. The van der Waals surface area contributed by atoms with Crippen LogP contribution < -0.4 is 0 Å². The van der Waals surface area contributed by atoms with Crippen LogP contribution in [0.25, 0.3) is 0 Å². The van der Waals surface area contributed by atoms with E-state index in [1.165, 1.54) is 0 Å². The van der Waals surface area contributed by atoms with Gasteiger partial charge in [-0.15, -0.1) is 0 Å². The van der Waals surface area contributed by atoms with Crippen LogP contribution >= 0.6 is 0 Å². The zero-order chi connectivity index (χ0) is 13.6. The van der Waals surface area contributed by atoms with Crippen molar-refractivity contribution < 1.29 is 14.3 Å². The summed E-state index contributed by atoms with van der Waals surface area (Å²) in [7, 11) is 1.70. The molecule has 0 heterocycles. The minimum absolute atomic E-state index is 0.0705. The SMILES string of the molecule is C=C(C)CN(C)C(=O)CCC(=O)OC(C)(C)C. The van der Waals surface area contributed by atoms with E-state index in [1.807, 2.05) is 6.92 Å². The highest BCUT2D eigenvalue weighted by Gasteiger charge is 2.18. The van der Waals surface area contributed by atoms with E-state index >= 15 is 0 Å². The lowest BCUT2D eigenvalue weighted by molar-refractivity contribution is -0.156. The van der Waals surface area contributed by atoms with Crippen molar-refractivity contribution in [1.29, 1.82) is 0 Å². The van der Waals surface area contributed by atoms with Crippen LogP contribution in [-0.4, -0.2) is 36.0 Å². The Kier molecular flexibility index (Phi) is 5.93. The number of likely N-dealkylation sites (N-methyl/N-ethyl adjacent to an activating group) is 1. The predicted octanol–water partition coefficient (Wildman–Crippen LogP) is 2.14. The van der Waals surface area contributed by atoms with Crippen LogP contribution in [0.4, 0.5) is 0 Å². The lowest BCUT2D eigenvalue weighted by Gasteiger charge is -2.20. The fourth-order valence-electron chi connectivity index (χ4n) is 1.29. The van der Waals surface area contributed by atoms with Crippen molar-refractivity contribution >= 4 is 11.9 Å². The molecule has 0 saturated heterocycles. The van der Waals surface area contributed by atoms with Crippen molar-refractivity contribution in [2.45, 2.75) is 46.1 Å². The molecule has 0 atom stereocenters. The highest BCUT2D eigenvalue weighted by molar-refractivity contribution is 5.81. The van der Waals surface area contributed by atoms with E-state index in [9.17, 15) is 9.59 Å². The number of esters is 1. The van der Waals surface area contributed by atoms with Gasteiger partial charge in [-0.05, 0) is 27.7 Å². The summed E-state index contributed by atoms with van der Waals surface area (Å²) in [6, 6.07) is 0. The minimum Gasteiger partial charge on any atom is -0.460 e. The summed E-state index contributed by atoms with van der Waals surface area (Å²) in [6.45, 7) is 11.5. The summed E-state index contributed by atoms with van der Waals surface area (Å²) in [5, 5.41) is 0. The van der Waals surface area contributed by atoms with E-state index < -0.39 is 5.60 Å². The molecule has 0 aromatic heterocycles. The molecule has 1 amide bonds. The Morgan fingerprint density at radius 2 is 1.76 bits per heavy atom. The fraction of sp³-hybridized carbons (Fsp3) is 0.692. The third-order valence-corrected chi connectivity index (χ3v) is 1.90. The standard InChI is InChI=1S/C13H23NO3/c1-10(2)9-14(6)11(15)7-8-12(16)17-13(3,4)5/h1,7-9H2,2-6H3. The molecule has 0 spiro atoms. The molecule has 0 fully saturated rings. The second-order valence-electron chi connectivity index (χ2n) is 5.29. The topological polar surface area (TPSA) is 46.6 Å². The van der Waals surface area contributed by atoms with Gasteiger partial charge in [-0.1, -0.05) is 12.2 Å². The molecule has 98 valence electrons. The van der Waals surface area contributed by atoms with Crippen LogP contribution in [0, 0.1) is 0 Å². The number of hydrogen-bond acceptors (Lipinski definition) is 3. The first-order chi connectivity index (χ1) is 7.61. The van der Waals surface area contributed by atoms with Gasteiger partial charge < -0.3 is 9.64 Å². The molecule has 0 N–H and O–H groups in total. The number of rotatable bonds is 5. The Bertz CT molecular complexity index is 302. The molecule has 0 aliphatic rings. The normalized spacial score (nSPS) is 10.9. The number of carbonyl (C=O) groups excluding carboxylic acids is 2. The van der Waals surface area contributed by atoms with E-state index in [0.29, 0.717) is 6.54 Å². The number of nitrogens with zero attached hydrogens (tertiary/aromatic N) is 1. The van der Waals surface area contributed by atoms with E-state index in [2.05, 4.69) is 6.58 Å². The molecule has 0 aliphatic carbocycles. The van der Waals surface area contributed by atoms with E-state index in [4.69, 9.17) is 4.74 Å². The Morgan fingerprint density at radius 3 is 2.18 bits per heavy atom. The van der Waals surface area contributed by atoms with Crippen molar-refractivity contribution in [2.75, 3.05) is 13.6 Å². The molecule has 0 bridgehead atoms. The second kappa shape index (κ2) is 6.42. The van der Waals surface area contributed by atoms with Gasteiger partial charge in [-0.2, -0.15) is 0 Å². The highest BCUT2D eigenvalue weighted by atomic mass is 16.6. The highest BCUT2D eigenvalue weighted by Crippen LogP contribution is 2.09. The van der Waals surface area contributed by atoms with Gasteiger partial charge >= 0.3 is 5.97 Å². The zero-order valence-corrected chi connectivity index (χ0v) is 11.5. The maximum absolute atomic E-state index is 11.6. The molecule has 17 heavy (non-hydrogen) atoms. The van der Waals surface area contributed by atoms with Crippen LogP contribution in [0.5, 0.6) is 0 Å². The summed E-state index contributed by atoms with van der Waals surface area (Å²) in [4.78, 5) is 24.6. The molecule has 0 aromatic carbocycles. The molecule has 4 nitrogen and oxygen atoms in total. The monoisotopic (exact) mass is 241 g/mol. The Balaban J connectivity index is 4.00. The lowest BCUT2D eigenvalue weighted by Crippen LogP contribution is -2.29. The predicted molar refractivity (Wildman–Crippen MR) is 67.5 cm³/mol. The van der Waals surface area contributed by atoms with Gasteiger partial charge in [0.1, 0.15) is 5.60 Å². The molecule has 0 unspecified atom stereocenters. The number of hydrogen-bond donors (Lipinski definition) is 0. The maximum atomic E-state index is 11.6. The van der Waals surface area contributed by atoms with Crippen molar-refractivity contribution in [2.24, 2.45) is 0 Å². The van der Waals surface area contributed by atoms with E-state index in [0.717, 1.165) is 5.57 Å². The maximum Gasteiger partial charge on any atom is 0.306 e. The van der Waals surface area contributed by atoms with E-state index in [1.54, 1.807) is 32.7 Å². The van der Waals surface area contributed by atoms with Crippen molar-refractivity contribution in [3.63, 3.8) is 0 Å². The first-order valence-corrected chi connectivity index (χ1v) is 5.72. The van der Waals surface area contributed by atoms with Crippen LogP contribution in [0.3, 0.4) is 0 Å². The summed E-state index contributed by atoms with van der Waals surface area (Å²) >= 11 is 0. The van der Waals surface area contributed by atoms with Crippen LogP contribution in [-0.2, 0) is 14.3 Å². The third kappa shape index (κ3) is 8.48. The average Bonchev–Trinajstić information content (AvgIpc) is 2.10. The molecular formula is C13H23NO3. The number of ether oxygens (including phenoxy) is 1. The van der Waals surface area contributed by atoms with Crippen LogP contribution in [0.1, 0.15) is 40.5 Å². The van der Waals surface area contributed by atoms with Crippen molar-refractivity contribution in [1.82, 2.24) is 4.90 Å². The Labute approximate surface area is 104 Å². The van der Waals surface area contributed by atoms with Crippen LogP contribution in [0.15, 0.2) is 12.2 Å². The summed E-state index contributed by atoms with van der Waals surface area (Å²) < 4.78 is 5.12. The van der Waals surface area contributed by atoms with Gasteiger partial charge in [-0.3, -0.25) is 9.59 Å². The fourth-order valence-corrected chi connectivity index (χ4v) is 1.29. The van der Waals surface area contributed by atoms with Gasteiger partial charge in [0.25, 0.3) is 0 Å². The molecule has 0 saturated carbocycles. The average molecular weight is 241 g/mol. The summed E-state index contributed by atoms with van der Waals surface area (Å²) in [5.41, 5.74) is 0.419. The zero-order valence-electron chi connectivity index (χ0n) is 11.5. The summed E-state index contributed by atoms with van der Waals surface area (Å²) in [6.07, 6.45) is 0.301. The molecule has 0 aliphatic heterocycles. The molecule has 0 rings (SSSR count). The van der Waals surface area contributed by atoms with Gasteiger partial charge in [0.15, 0.2) is 0 Å². The van der Waals surface area contributed by atoms with Gasteiger partial charge in [-0.25, -0.2) is 0 Å². The first kappa shape index (κ1) is 15.7. The smallest absolute Gasteiger partial charge is 0.306 e. The van der Waals surface area contributed by atoms with Gasteiger partial charge in [0.2, 0.25) is 5.91 Å². The molecule has 0 radical (unpaired) electrons. The quantitative estimate of drug-likeness (QED) is 0.547. The van der Waals surface area contributed by atoms with Gasteiger partial charge in [0, 0.05) is 20.0 Å². The third-order valence-electron chi connectivity index (χ3n) is 1.90. The Hall–Kier alpha value is -1.32. The number of amides is 1. The van der Waals surface area contributed by atoms with Crippen molar-refractivity contribution in [3.05, 3.63) is 12.2 Å². The molecular weight excluding hydrogens is 218 g/mol. The number of carbonyl (C=O) groups is 2. The summed E-state index contributed by atoms with van der Waals surface area (Å²) in [5.74, 6) is -0.409. The lowest BCUT2D eigenvalue weighted by atomic mass is 10.2. The van der Waals surface area contributed by atoms with E-state index in [-0.39, 0.29) is 24.7 Å². The first-order valence-electron chi connectivity index (χ1n) is 5.72. The minimum atomic E-state index is -0.496. The second-order valence-corrected chi connectivity index (χ2v) is 5.29. The molecule has 4 heteroatoms. The van der Waals surface area contributed by atoms with Gasteiger partial charge in [0.05, 0.1) is 6.42 Å². The molecule has 0 aromatic rings.